The van der Waals surface area contributed by atoms with Crippen LogP contribution >= 0.6 is 0 Å². The van der Waals surface area contributed by atoms with Gasteiger partial charge in [0.1, 0.15) is 5.75 Å². The normalized spacial score (nSPS) is 11.9. The molecule has 0 radical (unpaired) electrons. The van der Waals surface area contributed by atoms with Crippen molar-refractivity contribution in [1.82, 2.24) is 4.72 Å². The Balaban J connectivity index is 1.36. The third kappa shape index (κ3) is 8.31. The van der Waals surface area contributed by atoms with E-state index in [-0.39, 0.29) is 5.78 Å². The summed E-state index contributed by atoms with van der Waals surface area (Å²) in [6.07, 6.45) is 1.61. The number of benzene rings is 3. The summed E-state index contributed by atoms with van der Waals surface area (Å²) in [5.74, 6) is 0.739. The van der Waals surface area contributed by atoms with Crippen molar-refractivity contribution in [2.24, 2.45) is 0 Å². The van der Waals surface area contributed by atoms with E-state index >= 15 is 0 Å². The highest BCUT2D eigenvalue weighted by Crippen LogP contribution is 2.16. The molecule has 0 aliphatic heterocycles. The zero-order chi connectivity index (χ0) is 25.3. The van der Waals surface area contributed by atoms with Crippen LogP contribution in [0.1, 0.15) is 34.3 Å². The maximum Gasteiger partial charge on any atom is 0.240 e. The molecule has 0 atom stereocenters. The summed E-state index contributed by atoms with van der Waals surface area (Å²) in [4.78, 5) is 12.8. The van der Waals surface area contributed by atoms with Crippen LogP contribution in [0, 0.1) is 6.92 Å². The molecule has 0 fully saturated rings. The number of hydrogen-bond acceptors (Lipinski definition) is 4. The number of aryl methyl sites for hydroxylation is 1. The average Bonchev–Trinajstić information content (AvgIpc) is 2.85. The van der Waals surface area contributed by atoms with Crippen LogP contribution in [0.5, 0.6) is 5.75 Å². The van der Waals surface area contributed by atoms with E-state index in [1.807, 2.05) is 49.4 Å². The molecular weight excluding hydrogens is 460 g/mol. The second-order valence-corrected chi connectivity index (χ2v) is 11.1. The molecule has 3 rings (SSSR count). The highest BCUT2D eigenvalue weighted by Gasteiger charge is 2.17. The molecule has 3 aromatic rings. The first-order chi connectivity index (χ1) is 16.7. The molecule has 6 nitrogen and oxygen atoms in total. The van der Waals surface area contributed by atoms with Gasteiger partial charge in [0.05, 0.1) is 38.7 Å². The molecule has 0 bridgehead atoms. The summed E-state index contributed by atoms with van der Waals surface area (Å²) in [6.45, 7) is 4.68. The smallest absolute Gasteiger partial charge is 0.240 e. The Morgan fingerprint density at radius 2 is 1.43 bits per heavy atom. The molecule has 0 aliphatic rings. The van der Waals surface area contributed by atoms with Gasteiger partial charge in [-0.15, -0.1) is 0 Å². The van der Waals surface area contributed by atoms with E-state index in [0.717, 1.165) is 41.7 Å². The Kier molecular flexibility index (Phi) is 9.20. The topological polar surface area (TPSA) is 72.5 Å². The fourth-order valence-electron chi connectivity index (χ4n) is 3.77. The van der Waals surface area contributed by atoms with Crippen LogP contribution in [0.2, 0.25) is 0 Å². The molecule has 0 aromatic heterocycles. The average molecular weight is 496 g/mol. The third-order valence-corrected chi connectivity index (χ3v) is 7.37. The molecule has 0 amide bonds. The van der Waals surface area contributed by atoms with E-state index in [4.69, 9.17) is 4.74 Å². The third-order valence-electron chi connectivity index (χ3n) is 5.89. The standard InChI is InChI=1S/C28H35N2O4S/c1-23-11-17-27(18-12-23)35(32,33)29-19-7-20-30(2,3)21-8-22-34-26-15-13-25(14-16-26)28(31)24-9-5-4-6-10-24/h4-6,9-18,29H,7-8,19-22H2,1-3H3/q+1. The largest absolute Gasteiger partial charge is 0.493 e. The van der Waals surface area contributed by atoms with Gasteiger partial charge in [-0.3, -0.25) is 4.79 Å². The quantitative estimate of drug-likeness (QED) is 0.216. The van der Waals surface area contributed by atoms with Crippen LogP contribution in [0.25, 0.3) is 0 Å². The molecule has 0 unspecified atom stereocenters. The van der Waals surface area contributed by atoms with E-state index in [1.165, 1.54) is 0 Å². The Morgan fingerprint density at radius 3 is 2.09 bits per heavy atom. The SMILES string of the molecule is Cc1ccc(S(=O)(=O)NCCC[N+](C)(C)CCCOc2ccc(C(=O)c3ccccc3)cc2)cc1. The first kappa shape index (κ1) is 26.6. The van der Waals surface area contributed by atoms with Crippen LogP contribution in [-0.2, 0) is 10.0 Å². The lowest BCUT2D eigenvalue weighted by molar-refractivity contribution is -0.890. The lowest BCUT2D eigenvalue weighted by atomic mass is 10.0. The molecule has 0 saturated carbocycles. The number of nitrogens with zero attached hydrogens (tertiary/aromatic N) is 1. The second-order valence-electron chi connectivity index (χ2n) is 9.37. The summed E-state index contributed by atoms with van der Waals surface area (Å²) < 4.78 is 34.1. The zero-order valence-corrected chi connectivity index (χ0v) is 21.6. The summed E-state index contributed by atoms with van der Waals surface area (Å²) >= 11 is 0. The van der Waals surface area contributed by atoms with Crippen LogP contribution in [0.15, 0.2) is 83.8 Å². The molecule has 0 spiro atoms. The van der Waals surface area contributed by atoms with Gasteiger partial charge in [-0.05, 0) is 43.3 Å². The van der Waals surface area contributed by atoms with Gasteiger partial charge in [0, 0.05) is 30.5 Å². The van der Waals surface area contributed by atoms with E-state index in [2.05, 4.69) is 18.8 Å². The Morgan fingerprint density at radius 1 is 0.829 bits per heavy atom. The van der Waals surface area contributed by atoms with Gasteiger partial charge < -0.3 is 9.22 Å². The number of ketones is 1. The number of sulfonamides is 1. The van der Waals surface area contributed by atoms with Gasteiger partial charge in [-0.2, -0.15) is 0 Å². The van der Waals surface area contributed by atoms with E-state index in [9.17, 15) is 13.2 Å². The number of carbonyl (C=O) groups excluding carboxylic acids is 1. The van der Waals surface area contributed by atoms with Crippen molar-refractivity contribution in [3.05, 3.63) is 95.6 Å². The van der Waals surface area contributed by atoms with E-state index in [0.29, 0.717) is 29.2 Å². The minimum atomic E-state index is -3.47. The molecule has 1 N–H and O–H groups in total. The Labute approximate surface area is 209 Å². The zero-order valence-electron chi connectivity index (χ0n) is 20.7. The molecule has 35 heavy (non-hydrogen) atoms. The van der Waals surface area contributed by atoms with Crippen molar-refractivity contribution in [3.63, 3.8) is 0 Å². The highest BCUT2D eigenvalue weighted by molar-refractivity contribution is 7.89. The molecule has 7 heteroatoms. The van der Waals surface area contributed by atoms with Crippen molar-refractivity contribution in [1.29, 1.82) is 0 Å². The number of ether oxygens (including phenoxy) is 1. The van der Waals surface area contributed by atoms with Crippen molar-refractivity contribution >= 4 is 15.8 Å². The van der Waals surface area contributed by atoms with Gasteiger partial charge in [0.25, 0.3) is 0 Å². The highest BCUT2D eigenvalue weighted by atomic mass is 32.2. The molecule has 0 saturated heterocycles. The van der Waals surface area contributed by atoms with E-state index < -0.39 is 10.0 Å². The van der Waals surface area contributed by atoms with Crippen LogP contribution in [0.4, 0.5) is 0 Å². The van der Waals surface area contributed by atoms with Crippen LogP contribution < -0.4 is 9.46 Å². The summed E-state index contributed by atoms with van der Waals surface area (Å²) in [6, 6.07) is 23.3. The maximum atomic E-state index is 12.5. The van der Waals surface area contributed by atoms with Crippen LogP contribution in [0.3, 0.4) is 0 Å². The minimum Gasteiger partial charge on any atom is -0.493 e. The first-order valence-corrected chi connectivity index (χ1v) is 13.4. The molecule has 0 aliphatic carbocycles. The number of nitrogens with one attached hydrogen (secondary N) is 1. The van der Waals surface area contributed by atoms with Gasteiger partial charge >= 0.3 is 0 Å². The number of rotatable bonds is 13. The lowest BCUT2D eigenvalue weighted by Crippen LogP contribution is -2.43. The van der Waals surface area contributed by atoms with Crippen molar-refractivity contribution in [2.45, 2.75) is 24.7 Å². The first-order valence-electron chi connectivity index (χ1n) is 11.9. The minimum absolute atomic E-state index is 0.00245. The number of carbonyl (C=O) groups is 1. The van der Waals surface area contributed by atoms with Crippen molar-refractivity contribution < 1.29 is 22.4 Å². The number of quaternary nitrogens is 1. The van der Waals surface area contributed by atoms with Crippen molar-refractivity contribution in [2.75, 3.05) is 40.3 Å². The van der Waals surface area contributed by atoms with Gasteiger partial charge in [0.15, 0.2) is 5.78 Å². The number of hydrogen-bond donors (Lipinski definition) is 1. The second kappa shape index (κ2) is 12.1. The van der Waals surface area contributed by atoms with Gasteiger partial charge in [-0.25, -0.2) is 13.1 Å². The predicted molar refractivity (Wildman–Crippen MR) is 139 cm³/mol. The Hall–Kier alpha value is -3.00. The summed E-state index contributed by atoms with van der Waals surface area (Å²) in [5, 5.41) is 0. The van der Waals surface area contributed by atoms with Crippen molar-refractivity contribution in [3.8, 4) is 5.75 Å². The molecule has 0 heterocycles. The molecule has 186 valence electrons. The Bertz CT molecular complexity index is 1190. The fraction of sp³-hybridized carbons (Fsp3) is 0.321. The van der Waals surface area contributed by atoms with Crippen LogP contribution in [-0.4, -0.2) is 59.0 Å². The maximum absolute atomic E-state index is 12.5. The summed E-state index contributed by atoms with van der Waals surface area (Å²) in [5.41, 5.74) is 2.34. The van der Waals surface area contributed by atoms with Gasteiger partial charge in [0.2, 0.25) is 10.0 Å². The molecule has 3 aromatic carbocycles. The van der Waals surface area contributed by atoms with Gasteiger partial charge in [-0.1, -0.05) is 48.0 Å². The molecular formula is C28H35N2O4S+. The monoisotopic (exact) mass is 495 g/mol. The lowest BCUT2D eigenvalue weighted by Gasteiger charge is -2.29. The van der Waals surface area contributed by atoms with E-state index in [1.54, 1.807) is 36.4 Å². The fourth-order valence-corrected chi connectivity index (χ4v) is 4.84. The summed E-state index contributed by atoms with van der Waals surface area (Å²) in [7, 11) is 0.806. The predicted octanol–water partition coefficient (Wildman–Crippen LogP) is 4.44.